The Morgan fingerprint density at radius 2 is 2.18 bits per heavy atom. The number of carbonyl (C=O) groups excluding carboxylic acids is 1. The number of hydrogen-bond acceptors (Lipinski definition) is 3. The smallest absolute Gasteiger partial charge is 0.252 e. The quantitative estimate of drug-likeness (QED) is 0.772. The molecule has 1 rings (SSSR count). The standard InChI is InChI=1S/C13H22N2O2/c1-11-4-6-12(7-5-11)15(13(17)10-16)9-8-14(2)3/h4,6-7,11,16H,5,8-10H2,1-3H3. The predicted octanol–water partition coefficient (Wildman–Crippen LogP) is 0.849. The van der Waals surface area contributed by atoms with E-state index in [1.54, 1.807) is 4.90 Å². The van der Waals surface area contributed by atoms with Gasteiger partial charge in [0, 0.05) is 18.8 Å². The fourth-order valence-electron chi connectivity index (χ4n) is 1.70. The summed E-state index contributed by atoms with van der Waals surface area (Å²) in [6.45, 7) is 3.10. The largest absolute Gasteiger partial charge is 0.387 e. The fraction of sp³-hybridized carbons (Fsp3) is 0.615. The molecular formula is C13H22N2O2. The van der Waals surface area contributed by atoms with Gasteiger partial charge in [-0.25, -0.2) is 0 Å². The molecule has 0 saturated carbocycles. The van der Waals surface area contributed by atoms with Gasteiger partial charge >= 0.3 is 0 Å². The number of allylic oxidation sites excluding steroid dienone is 3. The van der Waals surface area contributed by atoms with Crippen molar-refractivity contribution < 1.29 is 9.90 Å². The molecule has 0 heterocycles. The number of rotatable bonds is 5. The van der Waals surface area contributed by atoms with Gasteiger partial charge < -0.3 is 14.9 Å². The van der Waals surface area contributed by atoms with E-state index in [4.69, 9.17) is 5.11 Å². The normalized spacial score (nSPS) is 19.4. The van der Waals surface area contributed by atoms with Crippen LogP contribution in [0.3, 0.4) is 0 Å². The van der Waals surface area contributed by atoms with E-state index < -0.39 is 6.61 Å². The van der Waals surface area contributed by atoms with Crippen LogP contribution >= 0.6 is 0 Å². The lowest BCUT2D eigenvalue weighted by Gasteiger charge is -2.26. The Kier molecular flexibility index (Phi) is 5.38. The molecule has 1 amide bonds. The van der Waals surface area contributed by atoms with Crippen molar-refractivity contribution in [2.24, 2.45) is 5.92 Å². The van der Waals surface area contributed by atoms with E-state index in [0.717, 1.165) is 18.7 Å². The molecular weight excluding hydrogens is 216 g/mol. The van der Waals surface area contributed by atoms with E-state index in [-0.39, 0.29) is 5.91 Å². The number of nitrogens with zero attached hydrogens (tertiary/aromatic N) is 2. The van der Waals surface area contributed by atoms with Crippen molar-refractivity contribution in [3.63, 3.8) is 0 Å². The van der Waals surface area contributed by atoms with Crippen molar-refractivity contribution in [3.05, 3.63) is 23.9 Å². The third kappa shape index (κ3) is 4.32. The molecule has 0 fully saturated rings. The van der Waals surface area contributed by atoms with Crippen molar-refractivity contribution in [1.29, 1.82) is 0 Å². The maximum Gasteiger partial charge on any atom is 0.252 e. The molecule has 4 nitrogen and oxygen atoms in total. The summed E-state index contributed by atoms with van der Waals surface area (Å²) in [5, 5.41) is 9.00. The highest BCUT2D eigenvalue weighted by Crippen LogP contribution is 2.18. The van der Waals surface area contributed by atoms with Crippen LogP contribution < -0.4 is 0 Å². The van der Waals surface area contributed by atoms with Crippen molar-refractivity contribution in [1.82, 2.24) is 9.80 Å². The lowest BCUT2D eigenvalue weighted by molar-refractivity contribution is -0.132. The molecule has 1 unspecified atom stereocenters. The Morgan fingerprint density at radius 3 is 2.65 bits per heavy atom. The highest BCUT2D eigenvalue weighted by atomic mass is 16.3. The fourth-order valence-corrected chi connectivity index (χ4v) is 1.70. The first-order valence-corrected chi connectivity index (χ1v) is 5.99. The van der Waals surface area contributed by atoms with Gasteiger partial charge in [0.1, 0.15) is 6.61 Å². The maximum absolute atomic E-state index is 11.7. The first-order valence-electron chi connectivity index (χ1n) is 5.99. The zero-order chi connectivity index (χ0) is 12.8. The monoisotopic (exact) mass is 238 g/mol. The van der Waals surface area contributed by atoms with Crippen molar-refractivity contribution in [2.45, 2.75) is 13.3 Å². The van der Waals surface area contributed by atoms with E-state index in [1.165, 1.54) is 0 Å². The average Bonchev–Trinajstić information content (AvgIpc) is 2.30. The van der Waals surface area contributed by atoms with E-state index in [1.807, 2.05) is 25.1 Å². The second-order valence-corrected chi connectivity index (χ2v) is 4.71. The van der Waals surface area contributed by atoms with Crippen LogP contribution in [-0.4, -0.2) is 54.6 Å². The van der Waals surface area contributed by atoms with Gasteiger partial charge in [-0.15, -0.1) is 0 Å². The van der Waals surface area contributed by atoms with Crippen LogP contribution in [0.1, 0.15) is 13.3 Å². The first-order chi connectivity index (χ1) is 8.04. The van der Waals surface area contributed by atoms with Gasteiger partial charge in [0.25, 0.3) is 5.91 Å². The van der Waals surface area contributed by atoms with Crippen LogP contribution in [0.15, 0.2) is 23.9 Å². The minimum absolute atomic E-state index is 0.239. The molecule has 0 aliphatic heterocycles. The molecule has 1 atom stereocenters. The van der Waals surface area contributed by atoms with E-state index >= 15 is 0 Å². The first kappa shape index (κ1) is 13.9. The maximum atomic E-state index is 11.7. The molecule has 17 heavy (non-hydrogen) atoms. The van der Waals surface area contributed by atoms with Crippen molar-refractivity contribution >= 4 is 5.91 Å². The second-order valence-electron chi connectivity index (χ2n) is 4.71. The molecule has 0 aromatic heterocycles. The van der Waals surface area contributed by atoms with Gasteiger partial charge in [0.05, 0.1) is 0 Å². The summed E-state index contributed by atoms with van der Waals surface area (Å²) in [6.07, 6.45) is 7.08. The number of aliphatic hydroxyl groups excluding tert-OH is 1. The molecule has 4 heteroatoms. The highest BCUT2D eigenvalue weighted by Gasteiger charge is 2.17. The number of hydrogen-bond donors (Lipinski definition) is 1. The van der Waals surface area contributed by atoms with Crippen LogP contribution in [-0.2, 0) is 4.79 Å². The van der Waals surface area contributed by atoms with Crippen LogP contribution in [0.5, 0.6) is 0 Å². The Bertz CT molecular complexity index is 321. The number of aliphatic hydroxyl groups is 1. The molecule has 0 bridgehead atoms. The van der Waals surface area contributed by atoms with Crippen LogP contribution in [0, 0.1) is 5.92 Å². The molecule has 1 aliphatic carbocycles. The molecule has 1 aliphatic rings. The van der Waals surface area contributed by atoms with Gasteiger partial charge in [0.2, 0.25) is 0 Å². The van der Waals surface area contributed by atoms with Crippen molar-refractivity contribution in [3.8, 4) is 0 Å². The van der Waals surface area contributed by atoms with Gasteiger partial charge in [-0.05, 0) is 32.5 Å². The minimum Gasteiger partial charge on any atom is -0.387 e. The number of carbonyl (C=O) groups is 1. The Labute approximate surface area is 103 Å². The van der Waals surface area contributed by atoms with Gasteiger partial charge in [-0.2, -0.15) is 0 Å². The number of amides is 1. The Balaban J connectivity index is 2.70. The summed E-state index contributed by atoms with van der Waals surface area (Å²) < 4.78 is 0. The topological polar surface area (TPSA) is 43.8 Å². The molecule has 0 aromatic rings. The highest BCUT2D eigenvalue weighted by molar-refractivity contribution is 5.79. The van der Waals surface area contributed by atoms with Crippen LogP contribution in [0.2, 0.25) is 0 Å². The van der Waals surface area contributed by atoms with Crippen LogP contribution in [0.4, 0.5) is 0 Å². The average molecular weight is 238 g/mol. The number of likely N-dealkylation sites (N-methyl/N-ethyl adjacent to an activating group) is 1. The molecule has 96 valence electrons. The Morgan fingerprint density at radius 1 is 1.47 bits per heavy atom. The van der Waals surface area contributed by atoms with Gasteiger partial charge in [0.15, 0.2) is 0 Å². The van der Waals surface area contributed by atoms with Crippen molar-refractivity contribution in [2.75, 3.05) is 33.8 Å². The Hall–Kier alpha value is -1.13. The molecule has 0 radical (unpaired) electrons. The molecule has 0 aromatic carbocycles. The predicted molar refractivity (Wildman–Crippen MR) is 68.4 cm³/mol. The molecule has 0 saturated heterocycles. The van der Waals surface area contributed by atoms with E-state index in [2.05, 4.69) is 19.1 Å². The zero-order valence-electron chi connectivity index (χ0n) is 10.9. The third-order valence-corrected chi connectivity index (χ3v) is 2.81. The minimum atomic E-state index is -0.436. The lowest BCUT2D eigenvalue weighted by Crippen LogP contribution is -2.37. The van der Waals surface area contributed by atoms with E-state index in [9.17, 15) is 4.79 Å². The van der Waals surface area contributed by atoms with E-state index in [0.29, 0.717) is 12.5 Å². The summed E-state index contributed by atoms with van der Waals surface area (Å²) in [5.41, 5.74) is 0.906. The second kappa shape index (κ2) is 6.57. The summed E-state index contributed by atoms with van der Waals surface area (Å²) >= 11 is 0. The SMILES string of the molecule is CC1C=CC(N(CCN(C)C)C(=O)CO)=CC1. The lowest BCUT2D eigenvalue weighted by atomic mass is 10.0. The summed E-state index contributed by atoms with van der Waals surface area (Å²) in [5.74, 6) is 0.288. The summed E-state index contributed by atoms with van der Waals surface area (Å²) in [4.78, 5) is 15.4. The molecule has 0 spiro atoms. The summed E-state index contributed by atoms with van der Waals surface area (Å²) in [7, 11) is 3.93. The third-order valence-electron chi connectivity index (χ3n) is 2.81. The van der Waals surface area contributed by atoms with Gasteiger partial charge in [-0.1, -0.05) is 19.1 Å². The summed E-state index contributed by atoms with van der Waals surface area (Å²) in [6, 6.07) is 0. The zero-order valence-corrected chi connectivity index (χ0v) is 10.9. The molecule has 1 N–H and O–H groups in total. The van der Waals surface area contributed by atoms with Crippen LogP contribution in [0.25, 0.3) is 0 Å². The van der Waals surface area contributed by atoms with Gasteiger partial charge in [-0.3, -0.25) is 4.79 Å².